The van der Waals surface area contributed by atoms with Crippen LogP contribution in [0.4, 0.5) is 5.95 Å². The van der Waals surface area contributed by atoms with Crippen LogP contribution in [-0.2, 0) is 7.05 Å². The lowest BCUT2D eigenvalue weighted by atomic mass is 10.1. The van der Waals surface area contributed by atoms with Crippen LogP contribution in [0, 0.1) is 0 Å². The number of hydrogen-bond donors (Lipinski definition) is 2. The number of pyridine rings is 1. The van der Waals surface area contributed by atoms with Gasteiger partial charge < -0.3 is 11.1 Å². The van der Waals surface area contributed by atoms with E-state index in [1.54, 1.807) is 6.20 Å². The first-order chi connectivity index (χ1) is 12.5. The summed E-state index contributed by atoms with van der Waals surface area (Å²) < 4.78 is 1.92. The zero-order chi connectivity index (χ0) is 18.3. The van der Waals surface area contributed by atoms with E-state index in [4.69, 9.17) is 5.73 Å². The van der Waals surface area contributed by atoms with Crippen LogP contribution in [0.2, 0.25) is 0 Å². The molecule has 1 saturated carbocycles. The summed E-state index contributed by atoms with van der Waals surface area (Å²) in [6, 6.07) is 4.68. The second-order valence-corrected chi connectivity index (χ2v) is 7.44. The van der Waals surface area contributed by atoms with Gasteiger partial charge in [0, 0.05) is 42.5 Å². The van der Waals surface area contributed by atoms with Gasteiger partial charge in [0.25, 0.3) is 0 Å². The lowest BCUT2D eigenvalue weighted by molar-refractivity contribution is 0.676. The van der Waals surface area contributed by atoms with Crippen LogP contribution in [0.25, 0.3) is 22.3 Å². The maximum Gasteiger partial charge on any atom is 0.223 e. The Morgan fingerprint density at radius 2 is 2.07 bits per heavy atom. The summed E-state index contributed by atoms with van der Waals surface area (Å²) in [6.45, 7) is 4.34. The first-order valence-corrected chi connectivity index (χ1v) is 9.19. The molecule has 0 aromatic carbocycles. The van der Waals surface area contributed by atoms with Crippen molar-refractivity contribution in [3.8, 4) is 11.3 Å². The van der Waals surface area contributed by atoms with Crippen LogP contribution in [0.5, 0.6) is 0 Å². The average molecular weight is 388 g/mol. The Bertz CT molecular complexity index is 937. The smallest absolute Gasteiger partial charge is 0.223 e. The lowest BCUT2D eigenvalue weighted by Gasteiger charge is -2.12. The standard InChI is InChI=1S/C19H25N7.ClH/c1-11(2)17-15-8-12(10-22-18(15)25-26(17)3)16-6-7-21-19(24-16)23-14-5-4-13(20)9-14;/h6-8,10-11,13-14H,4-5,9,20H2,1-3H3,(H,21,23,24);1H/t13-,14-;/m0./s1. The van der Waals surface area contributed by atoms with Crippen molar-refractivity contribution >= 4 is 29.4 Å². The molecule has 0 saturated heterocycles. The summed E-state index contributed by atoms with van der Waals surface area (Å²) in [6.07, 6.45) is 6.70. The van der Waals surface area contributed by atoms with Crippen molar-refractivity contribution < 1.29 is 0 Å². The van der Waals surface area contributed by atoms with Crippen LogP contribution < -0.4 is 11.1 Å². The molecule has 0 aliphatic heterocycles. The number of aromatic nitrogens is 5. The minimum absolute atomic E-state index is 0. The van der Waals surface area contributed by atoms with E-state index in [2.05, 4.69) is 45.3 Å². The topological polar surface area (TPSA) is 94.5 Å². The maximum absolute atomic E-state index is 6.00. The summed E-state index contributed by atoms with van der Waals surface area (Å²) >= 11 is 0. The van der Waals surface area contributed by atoms with Crippen LogP contribution in [-0.4, -0.2) is 36.8 Å². The van der Waals surface area contributed by atoms with Crippen LogP contribution >= 0.6 is 12.4 Å². The highest BCUT2D eigenvalue weighted by atomic mass is 35.5. The Kier molecular flexibility index (Phi) is 5.62. The molecule has 3 heterocycles. The molecular formula is C19H26ClN7. The number of nitrogens with zero attached hydrogens (tertiary/aromatic N) is 5. The molecule has 3 N–H and O–H groups in total. The molecule has 4 rings (SSSR count). The van der Waals surface area contributed by atoms with E-state index in [-0.39, 0.29) is 18.4 Å². The molecule has 0 amide bonds. The first kappa shape index (κ1) is 19.5. The molecule has 7 nitrogen and oxygen atoms in total. The van der Waals surface area contributed by atoms with Gasteiger partial charge >= 0.3 is 0 Å². The highest BCUT2D eigenvalue weighted by Gasteiger charge is 2.22. The third-order valence-electron chi connectivity index (χ3n) is 5.04. The Morgan fingerprint density at radius 3 is 2.78 bits per heavy atom. The minimum atomic E-state index is 0. The third-order valence-corrected chi connectivity index (χ3v) is 5.04. The molecule has 0 bridgehead atoms. The van der Waals surface area contributed by atoms with Crippen molar-refractivity contribution in [1.29, 1.82) is 0 Å². The first-order valence-electron chi connectivity index (χ1n) is 9.19. The summed E-state index contributed by atoms with van der Waals surface area (Å²) in [5.74, 6) is 1.02. The minimum Gasteiger partial charge on any atom is -0.351 e. The maximum atomic E-state index is 6.00. The Labute approximate surface area is 165 Å². The molecule has 8 heteroatoms. The van der Waals surface area contributed by atoms with Crippen LogP contribution in [0.1, 0.15) is 44.7 Å². The van der Waals surface area contributed by atoms with Gasteiger partial charge in [0.2, 0.25) is 5.95 Å². The number of rotatable bonds is 4. The molecule has 3 aromatic heterocycles. The molecule has 3 aromatic rings. The van der Waals surface area contributed by atoms with Gasteiger partial charge in [-0.15, -0.1) is 12.4 Å². The van der Waals surface area contributed by atoms with Crippen LogP contribution in [0.15, 0.2) is 24.5 Å². The summed E-state index contributed by atoms with van der Waals surface area (Å²) in [5.41, 5.74) is 9.78. The number of aryl methyl sites for hydroxylation is 1. The number of nitrogens with one attached hydrogen (secondary N) is 1. The lowest BCUT2D eigenvalue weighted by Crippen LogP contribution is -2.21. The number of hydrogen-bond acceptors (Lipinski definition) is 6. The summed E-state index contributed by atoms with van der Waals surface area (Å²) in [5, 5.41) is 9.00. The monoisotopic (exact) mass is 387 g/mol. The van der Waals surface area contributed by atoms with Crippen LogP contribution in [0.3, 0.4) is 0 Å². The third kappa shape index (κ3) is 3.89. The molecule has 0 unspecified atom stereocenters. The van der Waals surface area contributed by atoms with Gasteiger partial charge in [-0.25, -0.2) is 15.0 Å². The highest BCUT2D eigenvalue weighted by molar-refractivity contribution is 5.85. The molecule has 0 spiro atoms. The zero-order valence-corrected chi connectivity index (χ0v) is 16.7. The van der Waals surface area contributed by atoms with E-state index >= 15 is 0 Å². The van der Waals surface area contributed by atoms with Gasteiger partial charge in [-0.05, 0) is 37.3 Å². The van der Waals surface area contributed by atoms with E-state index in [1.807, 2.05) is 24.0 Å². The van der Waals surface area contributed by atoms with E-state index in [1.165, 1.54) is 5.69 Å². The largest absolute Gasteiger partial charge is 0.351 e. The Balaban J connectivity index is 0.00000210. The van der Waals surface area contributed by atoms with Gasteiger partial charge in [0.05, 0.1) is 11.4 Å². The van der Waals surface area contributed by atoms with Gasteiger partial charge in [-0.3, -0.25) is 4.68 Å². The Hall–Kier alpha value is -2.25. The summed E-state index contributed by atoms with van der Waals surface area (Å²) in [7, 11) is 1.97. The predicted octanol–water partition coefficient (Wildman–Crippen LogP) is 3.26. The molecule has 1 fully saturated rings. The SMILES string of the molecule is CC(C)c1c2cc(-c3ccnc(N[C@H]4CC[C@H](N)C4)n3)cnc2nn1C.Cl. The number of halogens is 1. The summed E-state index contributed by atoms with van der Waals surface area (Å²) in [4.78, 5) is 13.6. The predicted molar refractivity (Wildman–Crippen MR) is 110 cm³/mol. The molecular weight excluding hydrogens is 362 g/mol. The second-order valence-electron chi connectivity index (χ2n) is 7.44. The number of nitrogens with two attached hydrogens (primary N) is 1. The number of fused-ring (bicyclic) bond motifs is 1. The van der Waals surface area contributed by atoms with Crippen molar-refractivity contribution in [2.45, 2.75) is 51.1 Å². The van der Waals surface area contributed by atoms with Gasteiger partial charge in [-0.2, -0.15) is 5.10 Å². The molecule has 144 valence electrons. The fraction of sp³-hybridized carbons (Fsp3) is 0.474. The van der Waals surface area contributed by atoms with Crippen molar-refractivity contribution in [2.24, 2.45) is 12.8 Å². The zero-order valence-electron chi connectivity index (χ0n) is 15.9. The van der Waals surface area contributed by atoms with Gasteiger partial charge in [0.1, 0.15) is 0 Å². The normalized spacial score (nSPS) is 19.4. The van der Waals surface area contributed by atoms with E-state index < -0.39 is 0 Å². The molecule has 2 atom stereocenters. The van der Waals surface area contributed by atoms with Crippen molar-refractivity contribution in [2.75, 3.05) is 5.32 Å². The fourth-order valence-electron chi connectivity index (χ4n) is 3.84. The van der Waals surface area contributed by atoms with Gasteiger partial charge in [-0.1, -0.05) is 13.8 Å². The molecule has 1 aliphatic rings. The quantitative estimate of drug-likeness (QED) is 0.713. The van der Waals surface area contributed by atoms with E-state index in [0.717, 1.165) is 41.6 Å². The molecule has 27 heavy (non-hydrogen) atoms. The molecule has 0 radical (unpaired) electrons. The van der Waals surface area contributed by atoms with E-state index in [0.29, 0.717) is 17.9 Å². The van der Waals surface area contributed by atoms with Gasteiger partial charge in [0.15, 0.2) is 5.65 Å². The Morgan fingerprint density at radius 1 is 1.26 bits per heavy atom. The van der Waals surface area contributed by atoms with Crippen molar-refractivity contribution in [3.05, 3.63) is 30.2 Å². The van der Waals surface area contributed by atoms with Crippen molar-refractivity contribution in [1.82, 2.24) is 24.7 Å². The van der Waals surface area contributed by atoms with E-state index in [9.17, 15) is 0 Å². The fourth-order valence-corrected chi connectivity index (χ4v) is 3.84. The second kappa shape index (κ2) is 7.78. The average Bonchev–Trinajstić information content (AvgIpc) is 3.16. The molecule has 1 aliphatic carbocycles. The highest BCUT2D eigenvalue weighted by Crippen LogP contribution is 2.28. The number of anilines is 1. The van der Waals surface area contributed by atoms with Crippen molar-refractivity contribution in [3.63, 3.8) is 0 Å².